The molecule has 0 saturated heterocycles. The van der Waals surface area contributed by atoms with Gasteiger partial charge in [-0.2, -0.15) is 0 Å². The van der Waals surface area contributed by atoms with Crippen LogP contribution in [0.25, 0.3) is 0 Å². The third-order valence-corrected chi connectivity index (χ3v) is 7.66. The molecule has 0 aromatic heterocycles. The molecule has 0 bridgehead atoms. The van der Waals surface area contributed by atoms with E-state index in [1.807, 2.05) is 0 Å². The average Bonchev–Trinajstić information content (AvgIpc) is 2.84. The molecule has 3 rings (SSSR count). The lowest BCUT2D eigenvalue weighted by molar-refractivity contribution is -0.384. The van der Waals surface area contributed by atoms with Gasteiger partial charge in [-0.3, -0.25) is 19.7 Å². The van der Waals surface area contributed by atoms with E-state index in [-0.39, 0.29) is 38.1 Å². The highest BCUT2D eigenvalue weighted by Gasteiger charge is 2.29. The number of hydrogen-bond donors (Lipinski definition) is 3. The maximum Gasteiger partial charge on any atom is 0.338 e. The number of nitrogens with zero attached hydrogens (tertiary/aromatic N) is 1. The van der Waals surface area contributed by atoms with Crippen LogP contribution in [0.15, 0.2) is 47.4 Å². The van der Waals surface area contributed by atoms with Crippen LogP contribution in [-0.4, -0.2) is 33.6 Å². The van der Waals surface area contributed by atoms with Gasteiger partial charge in [0.05, 0.1) is 41.9 Å². The molecule has 37 heavy (non-hydrogen) atoms. The summed E-state index contributed by atoms with van der Waals surface area (Å²) >= 11 is 25.2. The second kappa shape index (κ2) is 12.0. The van der Waals surface area contributed by atoms with Gasteiger partial charge in [0.25, 0.3) is 11.6 Å². The Labute approximate surface area is 234 Å². The summed E-state index contributed by atoms with van der Waals surface area (Å²) in [7, 11) is 0. The van der Waals surface area contributed by atoms with E-state index in [1.54, 1.807) is 31.2 Å². The number of aromatic carboxylic acids is 1. The van der Waals surface area contributed by atoms with Crippen molar-refractivity contribution in [3.63, 3.8) is 0 Å². The van der Waals surface area contributed by atoms with Crippen molar-refractivity contribution in [1.82, 2.24) is 0 Å². The minimum atomic E-state index is -1.52. The summed E-state index contributed by atoms with van der Waals surface area (Å²) in [5.41, 5.74) is 0.148. The number of carbonyl (C=O) groups is 3. The molecule has 0 heterocycles. The summed E-state index contributed by atoms with van der Waals surface area (Å²) in [6.45, 7) is 1.64. The van der Waals surface area contributed by atoms with Gasteiger partial charge in [0, 0.05) is 28.4 Å². The number of non-ortho nitro benzene ring substituents is 1. The molecule has 14 heteroatoms. The first-order valence-corrected chi connectivity index (χ1v) is 12.6. The first kappa shape index (κ1) is 28.5. The molecule has 192 valence electrons. The molecule has 3 N–H and O–H groups in total. The van der Waals surface area contributed by atoms with Gasteiger partial charge in [-0.15, -0.1) is 11.8 Å². The average molecular weight is 603 g/mol. The number of hydrogen-bond acceptors (Lipinski definition) is 6. The van der Waals surface area contributed by atoms with Crippen LogP contribution in [0.3, 0.4) is 0 Å². The van der Waals surface area contributed by atoms with Crippen LogP contribution in [0.5, 0.6) is 0 Å². The number of nitro benzene ring substituents is 1. The zero-order valence-electron chi connectivity index (χ0n) is 18.6. The topological polar surface area (TPSA) is 139 Å². The Kier molecular flexibility index (Phi) is 9.27. The molecule has 3 aromatic rings. The fourth-order valence-electron chi connectivity index (χ4n) is 3.14. The summed E-state index contributed by atoms with van der Waals surface area (Å²) in [6.07, 6.45) is 0. The lowest BCUT2D eigenvalue weighted by Crippen LogP contribution is -2.18. The molecule has 0 aliphatic carbocycles. The molecule has 0 radical (unpaired) electrons. The van der Waals surface area contributed by atoms with Crippen molar-refractivity contribution in [2.45, 2.75) is 11.8 Å². The minimum absolute atomic E-state index is 0.00518. The third kappa shape index (κ3) is 6.65. The summed E-state index contributed by atoms with van der Waals surface area (Å²) in [5, 5.41) is 24.3. The number of carbonyl (C=O) groups excluding carboxylic acids is 2. The number of carboxylic acids is 1. The molecule has 0 unspecified atom stereocenters. The lowest BCUT2D eigenvalue weighted by atomic mass is 10.1. The number of anilines is 2. The van der Waals surface area contributed by atoms with Crippen LogP contribution in [0.4, 0.5) is 17.1 Å². The molecule has 0 saturated carbocycles. The molecule has 0 fully saturated rings. The fourth-order valence-corrected chi connectivity index (χ4v) is 4.91. The standard InChI is InChI=1S/C23H15Cl4N3O6S/c1-10-7-12(30(35)36)5-6-14(10)29-15(31)9-37-13-4-2-3-11(8-13)28-22(32)16-17(23(33)34)19(25)21(27)20(26)18(16)24/h2-8H,9H2,1H3,(H,28,32)(H,29,31)(H,33,34). The van der Waals surface area contributed by atoms with Crippen LogP contribution >= 0.6 is 58.2 Å². The molecular weight excluding hydrogens is 588 g/mol. The third-order valence-electron chi connectivity index (χ3n) is 4.86. The maximum absolute atomic E-state index is 12.9. The summed E-state index contributed by atoms with van der Waals surface area (Å²) in [6, 6.07) is 10.6. The van der Waals surface area contributed by atoms with Gasteiger partial charge in [-0.25, -0.2) is 4.79 Å². The Balaban J connectivity index is 1.72. The predicted molar refractivity (Wildman–Crippen MR) is 145 cm³/mol. The zero-order valence-corrected chi connectivity index (χ0v) is 22.4. The van der Waals surface area contributed by atoms with E-state index in [2.05, 4.69) is 10.6 Å². The number of thioether (sulfide) groups is 1. The van der Waals surface area contributed by atoms with Crippen molar-refractivity contribution >= 4 is 93.0 Å². The SMILES string of the molecule is Cc1cc([N+](=O)[O-])ccc1NC(=O)CSc1cccc(NC(=O)c2c(Cl)c(Cl)c(Cl)c(Cl)c2C(=O)O)c1. The van der Waals surface area contributed by atoms with Crippen molar-refractivity contribution < 1.29 is 24.4 Å². The second-order valence-corrected chi connectivity index (χ2v) is 9.95. The molecule has 0 spiro atoms. The van der Waals surface area contributed by atoms with E-state index in [4.69, 9.17) is 46.4 Å². The van der Waals surface area contributed by atoms with Crippen LogP contribution in [0.2, 0.25) is 20.1 Å². The van der Waals surface area contributed by atoms with Crippen LogP contribution < -0.4 is 10.6 Å². The summed E-state index contributed by atoms with van der Waals surface area (Å²) in [4.78, 5) is 48.0. The van der Waals surface area contributed by atoms with Gasteiger partial charge in [0.15, 0.2) is 0 Å². The van der Waals surface area contributed by atoms with Gasteiger partial charge in [0.2, 0.25) is 5.91 Å². The Hall–Kier alpha value is -3.02. The van der Waals surface area contributed by atoms with Gasteiger partial charge in [0.1, 0.15) is 0 Å². The Morgan fingerprint density at radius 3 is 2.19 bits per heavy atom. The predicted octanol–water partition coefficient (Wildman–Crippen LogP) is 7.20. The molecule has 3 aromatic carbocycles. The van der Waals surface area contributed by atoms with Gasteiger partial charge in [-0.05, 0) is 36.8 Å². The Bertz CT molecular complexity index is 1450. The molecule has 9 nitrogen and oxygen atoms in total. The second-order valence-electron chi connectivity index (χ2n) is 7.39. The number of nitrogens with one attached hydrogen (secondary N) is 2. The largest absolute Gasteiger partial charge is 0.478 e. The normalized spacial score (nSPS) is 10.6. The summed E-state index contributed by atoms with van der Waals surface area (Å²) < 4.78 is 0. The van der Waals surface area contributed by atoms with E-state index in [1.165, 1.54) is 30.0 Å². The van der Waals surface area contributed by atoms with Crippen molar-refractivity contribution in [2.75, 3.05) is 16.4 Å². The van der Waals surface area contributed by atoms with Crippen molar-refractivity contribution in [1.29, 1.82) is 0 Å². The first-order chi connectivity index (χ1) is 17.4. The van der Waals surface area contributed by atoms with E-state index < -0.39 is 32.9 Å². The number of benzene rings is 3. The van der Waals surface area contributed by atoms with Crippen molar-refractivity contribution in [3.8, 4) is 0 Å². The van der Waals surface area contributed by atoms with Crippen LogP contribution in [0, 0.1) is 17.0 Å². The minimum Gasteiger partial charge on any atom is -0.478 e. The summed E-state index contributed by atoms with van der Waals surface area (Å²) in [5.74, 6) is -2.74. The molecule has 0 atom stereocenters. The molecule has 2 amide bonds. The lowest BCUT2D eigenvalue weighted by Gasteiger charge is -2.14. The highest BCUT2D eigenvalue weighted by molar-refractivity contribution is 8.00. The smallest absolute Gasteiger partial charge is 0.338 e. The molecular formula is C23H15Cl4N3O6S. The van der Waals surface area contributed by atoms with Crippen LogP contribution in [-0.2, 0) is 4.79 Å². The van der Waals surface area contributed by atoms with Crippen molar-refractivity contribution in [2.24, 2.45) is 0 Å². The highest BCUT2D eigenvalue weighted by Crippen LogP contribution is 2.42. The quantitative estimate of drug-likeness (QED) is 0.0814. The monoisotopic (exact) mass is 601 g/mol. The molecule has 0 aliphatic rings. The number of halogens is 4. The van der Waals surface area contributed by atoms with E-state index in [0.29, 0.717) is 16.1 Å². The first-order valence-electron chi connectivity index (χ1n) is 10.1. The Morgan fingerprint density at radius 2 is 1.59 bits per heavy atom. The van der Waals surface area contributed by atoms with Gasteiger partial charge < -0.3 is 15.7 Å². The fraction of sp³-hybridized carbons (Fsp3) is 0.0870. The number of aryl methyl sites for hydroxylation is 1. The van der Waals surface area contributed by atoms with Gasteiger partial charge in [-0.1, -0.05) is 52.5 Å². The number of carboxylic acid groups (broad SMARTS) is 1. The number of amides is 2. The van der Waals surface area contributed by atoms with E-state index >= 15 is 0 Å². The van der Waals surface area contributed by atoms with Gasteiger partial charge >= 0.3 is 5.97 Å². The number of rotatable bonds is 8. The van der Waals surface area contributed by atoms with E-state index in [0.717, 1.165) is 0 Å². The van der Waals surface area contributed by atoms with Crippen LogP contribution in [0.1, 0.15) is 26.3 Å². The Morgan fingerprint density at radius 1 is 0.946 bits per heavy atom. The maximum atomic E-state index is 12.9. The highest BCUT2D eigenvalue weighted by atomic mass is 35.5. The van der Waals surface area contributed by atoms with E-state index in [9.17, 15) is 29.6 Å². The molecule has 0 aliphatic heterocycles. The zero-order chi connectivity index (χ0) is 27.4. The number of nitro groups is 1. The van der Waals surface area contributed by atoms with Crippen molar-refractivity contribution in [3.05, 3.63) is 89.4 Å².